The fraction of sp³-hybridized carbons (Fsp3) is 0.200. The Bertz CT molecular complexity index is 981. The van der Waals surface area contributed by atoms with Gasteiger partial charge in [0.2, 0.25) is 0 Å². The molecule has 0 amide bonds. The van der Waals surface area contributed by atoms with Crippen molar-refractivity contribution in [2.75, 3.05) is 12.4 Å². The largest absolute Gasteiger partial charge is 0.433 e. The Balaban J connectivity index is 2.46. The predicted molar refractivity (Wildman–Crippen MR) is 82.2 cm³/mol. The van der Waals surface area contributed by atoms with Gasteiger partial charge in [-0.1, -0.05) is 0 Å². The molecular formula is C15H12F3N5O. The summed E-state index contributed by atoms with van der Waals surface area (Å²) in [6, 6.07) is 5.26. The molecule has 0 aliphatic heterocycles. The van der Waals surface area contributed by atoms with Crippen LogP contribution in [0.15, 0.2) is 35.3 Å². The fourth-order valence-corrected chi connectivity index (χ4v) is 2.38. The first-order valence-electron chi connectivity index (χ1n) is 6.93. The monoisotopic (exact) mass is 335 g/mol. The Morgan fingerprint density at radius 2 is 1.92 bits per heavy atom. The van der Waals surface area contributed by atoms with Gasteiger partial charge in [-0.3, -0.25) is 4.98 Å². The minimum absolute atomic E-state index is 0.134. The van der Waals surface area contributed by atoms with Crippen LogP contribution >= 0.6 is 0 Å². The maximum atomic E-state index is 13.0. The first kappa shape index (κ1) is 15.9. The highest BCUT2D eigenvalue weighted by molar-refractivity contribution is 5.87. The number of hydrogen-bond donors (Lipinski definition) is 1. The van der Waals surface area contributed by atoms with Gasteiger partial charge in [0.1, 0.15) is 11.5 Å². The highest BCUT2D eigenvalue weighted by atomic mass is 19.4. The van der Waals surface area contributed by atoms with Crippen LogP contribution in [0.5, 0.6) is 0 Å². The van der Waals surface area contributed by atoms with E-state index >= 15 is 0 Å². The van der Waals surface area contributed by atoms with Crippen LogP contribution in [0, 0.1) is 6.92 Å². The van der Waals surface area contributed by atoms with Gasteiger partial charge >= 0.3 is 11.9 Å². The molecule has 3 aromatic heterocycles. The molecule has 0 aliphatic rings. The van der Waals surface area contributed by atoms with Gasteiger partial charge in [0.25, 0.3) is 0 Å². The number of rotatable bonds is 2. The molecule has 0 fully saturated rings. The number of alkyl halides is 3. The van der Waals surface area contributed by atoms with Crippen molar-refractivity contribution in [1.29, 1.82) is 0 Å². The van der Waals surface area contributed by atoms with Gasteiger partial charge in [0.15, 0.2) is 5.65 Å². The number of pyridine rings is 2. The Morgan fingerprint density at radius 1 is 1.17 bits per heavy atom. The van der Waals surface area contributed by atoms with Gasteiger partial charge in [-0.05, 0) is 31.2 Å². The van der Waals surface area contributed by atoms with Crippen LogP contribution in [-0.2, 0) is 6.18 Å². The van der Waals surface area contributed by atoms with E-state index in [1.165, 1.54) is 19.3 Å². The van der Waals surface area contributed by atoms with Crippen molar-refractivity contribution in [3.8, 4) is 5.69 Å². The summed E-state index contributed by atoms with van der Waals surface area (Å²) in [5, 5.41) is 3.00. The van der Waals surface area contributed by atoms with Crippen molar-refractivity contribution in [1.82, 2.24) is 19.5 Å². The van der Waals surface area contributed by atoms with Crippen molar-refractivity contribution >= 4 is 16.9 Å². The van der Waals surface area contributed by atoms with Crippen LogP contribution in [0.3, 0.4) is 0 Å². The quantitative estimate of drug-likeness (QED) is 0.779. The number of aryl methyl sites for hydroxylation is 1. The zero-order valence-corrected chi connectivity index (χ0v) is 12.7. The highest BCUT2D eigenvalue weighted by Crippen LogP contribution is 2.30. The van der Waals surface area contributed by atoms with Gasteiger partial charge < -0.3 is 5.32 Å². The zero-order chi connectivity index (χ0) is 17.5. The summed E-state index contributed by atoms with van der Waals surface area (Å²) in [7, 11) is 1.53. The van der Waals surface area contributed by atoms with Crippen molar-refractivity contribution in [2.45, 2.75) is 13.1 Å². The Hall–Kier alpha value is -2.97. The van der Waals surface area contributed by atoms with Gasteiger partial charge in [-0.15, -0.1) is 0 Å². The number of nitrogens with one attached hydrogen (secondary N) is 1. The van der Waals surface area contributed by atoms with E-state index in [9.17, 15) is 18.0 Å². The summed E-state index contributed by atoms with van der Waals surface area (Å²) < 4.78 is 40.1. The second-order valence-electron chi connectivity index (χ2n) is 5.00. The van der Waals surface area contributed by atoms with Crippen LogP contribution < -0.4 is 11.0 Å². The van der Waals surface area contributed by atoms with Crippen molar-refractivity contribution < 1.29 is 13.2 Å². The topological polar surface area (TPSA) is 72.7 Å². The molecule has 3 rings (SSSR count). The van der Waals surface area contributed by atoms with Gasteiger partial charge in [-0.2, -0.15) is 18.2 Å². The second kappa shape index (κ2) is 5.59. The maximum Gasteiger partial charge on any atom is 0.433 e. The minimum Gasteiger partial charge on any atom is -0.372 e. The normalized spacial score (nSPS) is 11.7. The zero-order valence-electron chi connectivity index (χ0n) is 12.7. The molecule has 0 aliphatic carbocycles. The maximum absolute atomic E-state index is 13.0. The van der Waals surface area contributed by atoms with E-state index in [0.29, 0.717) is 16.8 Å². The third kappa shape index (κ3) is 2.57. The van der Waals surface area contributed by atoms with Crippen LogP contribution in [0.4, 0.5) is 19.0 Å². The first-order valence-corrected chi connectivity index (χ1v) is 6.93. The summed E-state index contributed by atoms with van der Waals surface area (Å²) in [5.74, 6) is 0.161. The molecule has 0 saturated heterocycles. The Kier molecular flexibility index (Phi) is 3.70. The average Bonchev–Trinajstić information content (AvgIpc) is 2.54. The number of nitrogens with zero attached hydrogens (tertiary/aromatic N) is 4. The van der Waals surface area contributed by atoms with Gasteiger partial charge in [0.05, 0.1) is 16.8 Å². The van der Waals surface area contributed by atoms with E-state index in [4.69, 9.17) is 0 Å². The molecule has 0 spiro atoms. The summed E-state index contributed by atoms with van der Waals surface area (Å²) in [4.78, 5) is 24.0. The molecular weight excluding hydrogens is 323 g/mol. The molecule has 0 atom stereocenters. The average molecular weight is 335 g/mol. The fourth-order valence-electron chi connectivity index (χ4n) is 2.38. The number of aromatic nitrogens is 4. The molecule has 3 aromatic rings. The molecule has 0 unspecified atom stereocenters. The predicted octanol–water partition coefficient (Wildman–Crippen LogP) is 2.54. The van der Waals surface area contributed by atoms with E-state index < -0.39 is 17.6 Å². The summed E-state index contributed by atoms with van der Waals surface area (Å²) in [6.45, 7) is 1.65. The smallest absolute Gasteiger partial charge is 0.372 e. The first-order chi connectivity index (χ1) is 11.3. The Morgan fingerprint density at radius 3 is 2.54 bits per heavy atom. The molecule has 0 aromatic carbocycles. The van der Waals surface area contributed by atoms with Crippen LogP contribution in [-0.4, -0.2) is 26.6 Å². The third-order valence-corrected chi connectivity index (χ3v) is 3.49. The van der Waals surface area contributed by atoms with Gasteiger partial charge in [-0.25, -0.2) is 14.3 Å². The van der Waals surface area contributed by atoms with Crippen LogP contribution in [0.1, 0.15) is 11.4 Å². The number of hydrogen-bond acceptors (Lipinski definition) is 5. The number of fused-ring (bicyclic) bond motifs is 1. The van der Waals surface area contributed by atoms with E-state index in [1.54, 1.807) is 19.1 Å². The summed E-state index contributed by atoms with van der Waals surface area (Å²) in [6.07, 6.45) is -3.10. The number of halogens is 3. The molecule has 9 heteroatoms. The molecule has 1 N–H and O–H groups in total. The van der Waals surface area contributed by atoms with Crippen molar-refractivity contribution in [2.24, 2.45) is 0 Å². The molecule has 3 heterocycles. The standard InChI is InChI=1S/C15H12F3N5O/c1-8-10(4-3-7-20-8)23-13-9(12(19-2)22-14(23)24)5-6-11(21-13)15(16,17)18/h3-7H,1-2H3,(H,19,22,24). The molecule has 24 heavy (non-hydrogen) atoms. The third-order valence-electron chi connectivity index (χ3n) is 3.49. The summed E-state index contributed by atoms with van der Waals surface area (Å²) >= 11 is 0. The van der Waals surface area contributed by atoms with Crippen LogP contribution in [0.2, 0.25) is 0 Å². The Labute approximate surface area is 134 Å². The molecule has 0 radical (unpaired) electrons. The molecule has 0 bridgehead atoms. The molecule has 124 valence electrons. The van der Waals surface area contributed by atoms with Crippen molar-refractivity contribution in [3.63, 3.8) is 0 Å². The lowest BCUT2D eigenvalue weighted by Crippen LogP contribution is -2.25. The lowest BCUT2D eigenvalue weighted by atomic mass is 10.2. The van der Waals surface area contributed by atoms with E-state index in [0.717, 1.165) is 10.6 Å². The number of anilines is 1. The van der Waals surface area contributed by atoms with Crippen molar-refractivity contribution in [3.05, 3.63) is 52.3 Å². The lowest BCUT2D eigenvalue weighted by molar-refractivity contribution is -0.141. The lowest BCUT2D eigenvalue weighted by Gasteiger charge is -2.14. The SMILES string of the molecule is CNc1nc(=O)n(-c2cccnc2C)c2nc(C(F)(F)F)ccc12. The van der Waals surface area contributed by atoms with E-state index in [-0.39, 0.29) is 11.5 Å². The highest BCUT2D eigenvalue weighted by Gasteiger charge is 2.33. The van der Waals surface area contributed by atoms with E-state index in [1.807, 2.05) is 0 Å². The second-order valence-corrected chi connectivity index (χ2v) is 5.00. The van der Waals surface area contributed by atoms with Crippen LogP contribution in [0.25, 0.3) is 16.7 Å². The minimum atomic E-state index is -4.62. The molecule has 0 saturated carbocycles. The van der Waals surface area contributed by atoms with Gasteiger partial charge in [0, 0.05) is 13.2 Å². The molecule has 6 nitrogen and oxygen atoms in total. The summed E-state index contributed by atoms with van der Waals surface area (Å²) in [5.41, 5.74) is -1.16. The van der Waals surface area contributed by atoms with E-state index in [2.05, 4.69) is 20.3 Å².